The van der Waals surface area contributed by atoms with E-state index in [0.29, 0.717) is 5.15 Å². The molecule has 0 aliphatic rings. The van der Waals surface area contributed by atoms with Crippen molar-refractivity contribution in [2.75, 3.05) is 0 Å². The van der Waals surface area contributed by atoms with Crippen LogP contribution in [-0.2, 0) is 6.61 Å². The van der Waals surface area contributed by atoms with Crippen LogP contribution in [0.15, 0.2) is 24.5 Å². The molecule has 2 rings (SSSR count). The van der Waals surface area contributed by atoms with Gasteiger partial charge < -0.3 is 5.11 Å². The second-order valence-electron chi connectivity index (χ2n) is 2.67. The Morgan fingerprint density at radius 2 is 2.15 bits per heavy atom. The maximum Gasteiger partial charge on any atom is 0.140 e. The molecule has 66 valence electrons. The van der Waals surface area contributed by atoms with E-state index in [1.54, 1.807) is 6.07 Å². The van der Waals surface area contributed by atoms with Crippen LogP contribution in [0.3, 0.4) is 0 Å². The van der Waals surface area contributed by atoms with Crippen molar-refractivity contribution < 1.29 is 5.11 Å². The molecule has 0 spiro atoms. The SMILES string of the molecule is OCc1ccc2ncnc(Cl)c2c1. The first-order valence-electron chi connectivity index (χ1n) is 3.81. The van der Waals surface area contributed by atoms with Gasteiger partial charge >= 0.3 is 0 Å². The Kier molecular flexibility index (Phi) is 2.12. The van der Waals surface area contributed by atoms with Gasteiger partial charge in [0.1, 0.15) is 11.5 Å². The largest absolute Gasteiger partial charge is 0.392 e. The molecule has 0 unspecified atom stereocenters. The second-order valence-corrected chi connectivity index (χ2v) is 3.03. The van der Waals surface area contributed by atoms with E-state index < -0.39 is 0 Å². The number of rotatable bonds is 1. The molecule has 0 fully saturated rings. The van der Waals surface area contributed by atoms with E-state index in [0.717, 1.165) is 16.5 Å². The van der Waals surface area contributed by atoms with Gasteiger partial charge in [0.15, 0.2) is 0 Å². The lowest BCUT2D eigenvalue weighted by atomic mass is 10.1. The minimum Gasteiger partial charge on any atom is -0.392 e. The number of nitrogens with zero attached hydrogens (tertiary/aromatic N) is 2. The lowest BCUT2D eigenvalue weighted by molar-refractivity contribution is 0.282. The van der Waals surface area contributed by atoms with Crippen molar-refractivity contribution in [1.29, 1.82) is 0 Å². The quantitative estimate of drug-likeness (QED) is 0.704. The van der Waals surface area contributed by atoms with Crippen molar-refractivity contribution in [2.45, 2.75) is 6.61 Å². The molecule has 1 aromatic heterocycles. The van der Waals surface area contributed by atoms with Gasteiger partial charge in [-0.15, -0.1) is 0 Å². The number of benzene rings is 1. The van der Waals surface area contributed by atoms with Crippen LogP contribution in [0.2, 0.25) is 5.15 Å². The lowest BCUT2D eigenvalue weighted by Gasteiger charge is -2.00. The van der Waals surface area contributed by atoms with E-state index in [9.17, 15) is 0 Å². The average Bonchev–Trinajstić information content (AvgIpc) is 2.18. The third kappa shape index (κ3) is 1.48. The van der Waals surface area contributed by atoms with Crippen LogP contribution in [0.4, 0.5) is 0 Å². The van der Waals surface area contributed by atoms with Crippen molar-refractivity contribution in [3.05, 3.63) is 35.2 Å². The summed E-state index contributed by atoms with van der Waals surface area (Å²) in [5.41, 5.74) is 1.60. The van der Waals surface area contributed by atoms with E-state index >= 15 is 0 Å². The van der Waals surface area contributed by atoms with Gasteiger partial charge in [-0.1, -0.05) is 17.7 Å². The second kappa shape index (κ2) is 3.28. The Labute approximate surface area is 80.0 Å². The summed E-state index contributed by atoms with van der Waals surface area (Å²) in [6, 6.07) is 5.41. The molecule has 13 heavy (non-hydrogen) atoms. The molecule has 3 nitrogen and oxygen atoms in total. The number of aliphatic hydroxyl groups excluding tert-OH is 1. The number of fused-ring (bicyclic) bond motifs is 1. The molecule has 4 heteroatoms. The molecule has 0 radical (unpaired) electrons. The van der Waals surface area contributed by atoms with Crippen LogP contribution in [0.25, 0.3) is 10.9 Å². The third-order valence-corrected chi connectivity index (χ3v) is 2.13. The first kappa shape index (κ1) is 8.41. The monoisotopic (exact) mass is 194 g/mol. The van der Waals surface area contributed by atoms with Gasteiger partial charge in [0.25, 0.3) is 0 Å². The molecule has 0 saturated carbocycles. The molecule has 0 aliphatic heterocycles. The topological polar surface area (TPSA) is 46.0 Å². The number of hydrogen-bond acceptors (Lipinski definition) is 3. The van der Waals surface area contributed by atoms with Crippen LogP contribution in [0.1, 0.15) is 5.56 Å². The fourth-order valence-corrected chi connectivity index (χ4v) is 1.37. The van der Waals surface area contributed by atoms with Crippen molar-refractivity contribution in [3.63, 3.8) is 0 Å². The summed E-state index contributed by atoms with van der Waals surface area (Å²) in [4.78, 5) is 7.90. The van der Waals surface area contributed by atoms with Gasteiger partial charge in [0, 0.05) is 5.39 Å². The zero-order chi connectivity index (χ0) is 9.26. The molecule has 1 heterocycles. The zero-order valence-electron chi connectivity index (χ0n) is 6.74. The van der Waals surface area contributed by atoms with Gasteiger partial charge in [-0.3, -0.25) is 0 Å². The minimum atomic E-state index is 0.00115. The van der Waals surface area contributed by atoms with E-state index in [-0.39, 0.29) is 6.61 Å². The van der Waals surface area contributed by atoms with E-state index in [2.05, 4.69) is 9.97 Å². The summed E-state index contributed by atoms with van der Waals surface area (Å²) in [7, 11) is 0. The van der Waals surface area contributed by atoms with Gasteiger partial charge in [-0.25, -0.2) is 9.97 Å². The Hall–Kier alpha value is -1.19. The highest BCUT2D eigenvalue weighted by Crippen LogP contribution is 2.20. The Morgan fingerprint density at radius 3 is 2.92 bits per heavy atom. The van der Waals surface area contributed by atoms with E-state index in [1.165, 1.54) is 6.33 Å². The summed E-state index contributed by atoms with van der Waals surface area (Å²) in [6.07, 6.45) is 1.42. The van der Waals surface area contributed by atoms with Crippen molar-refractivity contribution in [2.24, 2.45) is 0 Å². The number of aliphatic hydroxyl groups is 1. The molecule has 0 amide bonds. The summed E-state index contributed by atoms with van der Waals surface area (Å²) < 4.78 is 0. The van der Waals surface area contributed by atoms with Crippen LogP contribution in [0, 0.1) is 0 Å². The molecule has 0 saturated heterocycles. The summed E-state index contributed by atoms with van der Waals surface area (Å²) >= 11 is 5.85. The summed E-state index contributed by atoms with van der Waals surface area (Å²) in [6.45, 7) is 0.00115. The number of hydrogen-bond donors (Lipinski definition) is 1. The van der Waals surface area contributed by atoms with Gasteiger partial charge in [-0.05, 0) is 17.7 Å². The minimum absolute atomic E-state index is 0.00115. The van der Waals surface area contributed by atoms with E-state index in [1.807, 2.05) is 12.1 Å². The van der Waals surface area contributed by atoms with Gasteiger partial charge in [0.05, 0.1) is 12.1 Å². The van der Waals surface area contributed by atoms with Crippen LogP contribution in [-0.4, -0.2) is 15.1 Å². The molecule has 0 bridgehead atoms. The Bertz CT molecular complexity index is 445. The molecular formula is C9H7ClN2O. The summed E-state index contributed by atoms with van der Waals surface area (Å²) in [5, 5.41) is 10.1. The highest BCUT2D eigenvalue weighted by molar-refractivity contribution is 6.34. The Morgan fingerprint density at radius 1 is 1.31 bits per heavy atom. The predicted octanol–water partition coefficient (Wildman–Crippen LogP) is 1.78. The fraction of sp³-hybridized carbons (Fsp3) is 0.111. The Balaban J connectivity index is 2.74. The highest BCUT2D eigenvalue weighted by atomic mass is 35.5. The number of aromatic nitrogens is 2. The molecule has 1 aromatic carbocycles. The smallest absolute Gasteiger partial charge is 0.140 e. The highest BCUT2D eigenvalue weighted by Gasteiger charge is 2.01. The molecule has 1 N–H and O–H groups in total. The number of halogens is 1. The molecule has 2 aromatic rings. The van der Waals surface area contributed by atoms with Crippen LogP contribution >= 0.6 is 11.6 Å². The average molecular weight is 195 g/mol. The maximum atomic E-state index is 8.90. The fourth-order valence-electron chi connectivity index (χ4n) is 1.17. The van der Waals surface area contributed by atoms with Crippen molar-refractivity contribution in [3.8, 4) is 0 Å². The zero-order valence-corrected chi connectivity index (χ0v) is 7.49. The van der Waals surface area contributed by atoms with Gasteiger partial charge in [0.2, 0.25) is 0 Å². The maximum absolute atomic E-state index is 8.90. The predicted molar refractivity (Wildman–Crippen MR) is 50.5 cm³/mol. The normalized spacial score (nSPS) is 10.6. The van der Waals surface area contributed by atoms with E-state index in [4.69, 9.17) is 16.7 Å². The molecular weight excluding hydrogens is 188 g/mol. The van der Waals surface area contributed by atoms with Crippen LogP contribution < -0.4 is 0 Å². The first-order chi connectivity index (χ1) is 6.31. The van der Waals surface area contributed by atoms with Crippen molar-refractivity contribution in [1.82, 2.24) is 9.97 Å². The third-order valence-electron chi connectivity index (χ3n) is 1.83. The van der Waals surface area contributed by atoms with Crippen molar-refractivity contribution >= 4 is 22.5 Å². The summed E-state index contributed by atoms with van der Waals surface area (Å²) in [5.74, 6) is 0. The molecule has 0 atom stereocenters. The lowest BCUT2D eigenvalue weighted by Crippen LogP contribution is -1.87. The molecule has 0 aliphatic carbocycles. The van der Waals surface area contributed by atoms with Crippen LogP contribution in [0.5, 0.6) is 0 Å². The van der Waals surface area contributed by atoms with Gasteiger partial charge in [-0.2, -0.15) is 0 Å². The standard InChI is InChI=1S/C9H7ClN2O/c10-9-7-3-6(4-13)1-2-8(7)11-5-12-9/h1-3,5,13H,4H2. The first-order valence-corrected chi connectivity index (χ1v) is 4.19.